The minimum atomic E-state index is -0.150. The highest BCUT2D eigenvalue weighted by atomic mass is 32.1. The summed E-state index contributed by atoms with van der Waals surface area (Å²) in [6.07, 6.45) is 1.89. The molecule has 0 aliphatic carbocycles. The first kappa shape index (κ1) is 20.2. The van der Waals surface area contributed by atoms with Crippen LogP contribution in [0.3, 0.4) is 0 Å². The topological polar surface area (TPSA) is 77.0 Å². The van der Waals surface area contributed by atoms with Crippen LogP contribution in [0, 0.1) is 0 Å². The lowest BCUT2D eigenvalue weighted by Gasteiger charge is -2.01. The van der Waals surface area contributed by atoms with Crippen molar-refractivity contribution < 1.29 is 9.53 Å². The van der Waals surface area contributed by atoms with Crippen molar-refractivity contribution in [2.24, 2.45) is 0 Å². The summed E-state index contributed by atoms with van der Waals surface area (Å²) in [5, 5.41) is 15.3. The molecule has 1 amide bonds. The summed E-state index contributed by atoms with van der Waals surface area (Å²) >= 11 is 2.92. The largest absolute Gasteiger partial charge is 0.497 e. The molecule has 6 nitrogen and oxygen atoms in total. The van der Waals surface area contributed by atoms with E-state index in [-0.39, 0.29) is 12.3 Å². The average molecular weight is 437 g/mol. The van der Waals surface area contributed by atoms with Gasteiger partial charge in [-0.2, -0.15) is 0 Å². The van der Waals surface area contributed by atoms with Gasteiger partial charge in [0, 0.05) is 17.4 Å². The first-order valence-electron chi connectivity index (χ1n) is 9.44. The normalized spacial score (nSPS) is 10.7. The summed E-state index contributed by atoms with van der Waals surface area (Å²) in [5.41, 5.74) is 2.95. The van der Waals surface area contributed by atoms with Gasteiger partial charge in [-0.15, -0.1) is 21.5 Å². The van der Waals surface area contributed by atoms with Crippen molar-refractivity contribution in [1.29, 1.82) is 0 Å². The van der Waals surface area contributed by atoms with Crippen molar-refractivity contribution in [3.05, 3.63) is 76.2 Å². The second-order valence-corrected chi connectivity index (χ2v) is 8.51. The van der Waals surface area contributed by atoms with Gasteiger partial charge in [0.15, 0.2) is 0 Å². The molecule has 8 heteroatoms. The number of hydrogen-bond acceptors (Lipinski definition) is 7. The Morgan fingerprint density at radius 3 is 2.77 bits per heavy atom. The van der Waals surface area contributed by atoms with Gasteiger partial charge in [-0.3, -0.25) is 4.79 Å². The van der Waals surface area contributed by atoms with E-state index >= 15 is 0 Å². The highest BCUT2D eigenvalue weighted by Gasteiger charge is 2.12. The number of thiazole rings is 1. The van der Waals surface area contributed by atoms with Crippen LogP contribution in [0.4, 0.5) is 5.13 Å². The molecule has 2 aromatic heterocycles. The first-order valence-corrected chi connectivity index (χ1v) is 11.1. The van der Waals surface area contributed by atoms with Gasteiger partial charge in [0.1, 0.15) is 15.8 Å². The number of nitrogens with one attached hydrogen (secondary N) is 1. The monoisotopic (exact) mass is 436 g/mol. The molecule has 30 heavy (non-hydrogen) atoms. The number of rotatable bonds is 8. The van der Waals surface area contributed by atoms with E-state index in [1.807, 2.05) is 47.8 Å². The fourth-order valence-electron chi connectivity index (χ4n) is 2.91. The molecule has 0 unspecified atom stereocenters. The number of carbonyl (C=O) groups excluding carboxylic acids is 1. The molecule has 0 saturated carbocycles. The van der Waals surface area contributed by atoms with Crippen LogP contribution >= 0.6 is 22.7 Å². The molecule has 0 spiro atoms. The number of hydrogen-bond donors (Lipinski definition) is 1. The highest BCUT2D eigenvalue weighted by Crippen LogP contribution is 2.27. The molecule has 0 aliphatic rings. The molecule has 1 N–H and O–H groups in total. The Kier molecular flexibility index (Phi) is 6.46. The zero-order valence-corrected chi connectivity index (χ0v) is 18.0. The summed E-state index contributed by atoms with van der Waals surface area (Å²) in [4.78, 5) is 17.0. The number of methoxy groups -OCH3 is 1. The number of ether oxygens (including phenoxy) is 1. The number of amides is 1. The number of benzene rings is 2. The predicted octanol–water partition coefficient (Wildman–Crippen LogP) is 4.64. The van der Waals surface area contributed by atoms with Gasteiger partial charge < -0.3 is 10.1 Å². The van der Waals surface area contributed by atoms with Crippen molar-refractivity contribution in [3.63, 3.8) is 0 Å². The first-order chi connectivity index (χ1) is 14.7. The Morgan fingerprint density at radius 2 is 1.93 bits per heavy atom. The molecule has 0 fully saturated rings. The molecule has 4 aromatic rings. The number of nitrogens with zero attached hydrogens (tertiary/aromatic N) is 3. The lowest BCUT2D eigenvalue weighted by atomic mass is 10.1. The van der Waals surface area contributed by atoms with Crippen LogP contribution in [0.2, 0.25) is 0 Å². The molecule has 0 bridgehead atoms. The molecule has 152 valence electrons. The molecule has 2 aromatic carbocycles. The van der Waals surface area contributed by atoms with E-state index in [1.165, 1.54) is 28.2 Å². The summed E-state index contributed by atoms with van der Waals surface area (Å²) in [5.74, 6) is 0.629. The standard InChI is InChI=1S/C22H20N4O2S2/c1-28-18-9-5-8-16(12-18)21-23-17(14-29-21)13-19(27)24-22-26-25-20(30-22)11-10-15-6-3-2-4-7-15/h2-9,12,14H,10-11,13H2,1H3,(H,24,26,27). The van der Waals surface area contributed by atoms with E-state index in [1.54, 1.807) is 7.11 Å². The number of aryl methyl sites for hydroxylation is 2. The average Bonchev–Trinajstić information content (AvgIpc) is 3.42. The van der Waals surface area contributed by atoms with Crippen LogP contribution in [-0.2, 0) is 24.1 Å². The quantitative estimate of drug-likeness (QED) is 0.436. The van der Waals surface area contributed by atoms with Crippen molar-refractivity contribution in [2.75, 3.05) is 12.4 Å². The molecular formula is C22H20N4O2S2. The Balaban J connectivity index is 1.32. The van der Waals surface area contributed by atoms with E-state index in [0.717, 1.165) is 39.9 Å². The van der Waals surface area contributed by atoms with Gasteiger partial charge in [-0.1, -0.05) is 53.8 Å². The van der Waals surface area contributed by atoms with E-state index in [0.29, 0.717) is 5.13 Å². The van der Waals surface area contributed by atoms with Crippen LogP contribution in [0.1, 0.15) is 16.3 Å². The second-order valence-electron chi connectivity index (χ2n) is 6.59. The fraction of sp³-hybridized carbons (Fsp3) is 0.182. The summed E-state index contributed by atoms with van der Waals surface area (Å²) in [6.45, 7) is 0. The molecule has 4 rings (SSSR count). The fourth-order valence-corrected chi connectivity index (χ4v) is 4.48. The smallest absolute Gasteiger partial charge is 0.232 e. The maximum Gasteiger partial charge on any atom is 0.232 e. The summed E-state index contributed by atoms with van der Waals surface area (Å²) in [6, 6.07) is 18.0. The molecule has 0 saturated heterocycles. The third-order valence-electron chi connectivity index (χ3n) is 4.39. The minimum absolute atomic E-state index is 0.150. The van der Waals surface area contributed by atoms with Gasteiger partial charge >= 0.3 is 0 Å². The van der Waals surface area contributed by atoms with Crippen LogP contribution in [-0.4, -0.2) is 28.2 Å². The zero-order chi connectivity index (χ0) is 20.8. The maximum atomic E-state index is 12.4. The molecule has 0 atom stereocenters. The van der Waals surface area contributed by atoms with Crippen molar-refractivity contribution in [3.8, 4) is 16.3 Å². The van der Waals surface area contributed by atoms with E-state index in [4.69, 9.17) is 4.74 Å². The van der Waals surface area contributed by atoms with Gasteiger partial charge in [-0.05, 0) is 24.1 Å². The van der Waals surface area contributed by atoms with Crippen molar-refractivity contribution in [2.45, 2.75) is 19.3 Å². The van der Waals surface area contributed by atoms with Crippen LogP contribution in [0.15, 0.2) is 60.0 Å². The van der Waals surface area contributed by atoms with Crippen LogP contribution < -0.4 is 10.1 Å². The maximum absolute atomic E-state index is 12.4. The Morgan fingerprint density at radius 1 is 1.07 bits per heavy atom. The third kappa shape index (κ3) is 5.28. The van der Waals surface area contributed by atoms with Crippen molar-refractivity contribution >= 4 is 33.7 Å². The summed E-state index contributed by atoms with van der Waals surface area (Å²) < 4.78 is 5.26. The molecule has 2 heterocycles. The Bertz CT molecular complexity index is 1120. The molecular weight excluding hydrogens is 416 g/mol. The summed E-state index contributed by atoms with van der Waals surface area (Å²) in [7, 11) is 1.64. The zero-order valence-electron chi connectivity index (χ0n) is 16.4. The number of anilines is 1. The molecule has 0 radical (unpaired) electrons. The minimum Gasteiger partial charge on any atom is -0.497 e. The van der Waals surface area contributed by atoms with Crippen LogP contribution in [0.25, 0.3) is 10.6 Å². The number of carbonyl (C=O) groups is 1. The SMILES string of the molecule is COc1cccc(-c2nc(CC(=O)Nc3nnc(CCc4ccccc4)s3)cs2)c1. The predicted molar refractivity (Wildman–Crippen MR) is 120 cm³/mol. The van der Waals surface area contributed by atoms with Gasteiger partial charge in [0.2, 0.25) is 11.0 Å². The second kappa shape index (κ2) is 9.60. The highest BCUT2D eigenvalue weighted by molar-refractivity contribution is 7.15. The Labute approximate surface area is 182 Å². The van der Waals surface area contributed by atoms with Gasteiger partial charge in [-0.25, -0.2) is 4.98 Å². The lowest BCUT2D eigenvalue weighted by molar-refractivity contribution is -0.115. The van der Waals surface area contributed by atoms with E-state index < -0.39 is 0 Å². The Hall–Kier alpha value is -3.10. The lowest BCUT2D eigenvalue weighted by Crippen LogP contribution is -2.14. The van der Waals surface area contributed by atoms with Crippen LogP contribution in [0.5, 0.6) is 5.75 Å². The van der Waals surface area contributed by atoms with E-state index in [2.05, 4.69) is 32.6 Å². The van der Waals surface area contributed by atoms with Crippen molar-refractivity contribution in [1.82, 2.24) is 15.2 Å². The van der Waals surface area contributed by atoms with Gasteiger partial charge in [0.05, 0.1) is 19.2 Å². The van der Waals surface area contributed by atoms with E-state index in [9.17, 15) is 4.79 Å². The molecule has 0 aliphatic heterocycles. The number of aromatic nitrogens is 3. The third-order valence-corrected chi connectivity index (χ3v) is 6.23. The van der Waals surface area contributed by atoms with Gasteiger partial charge in [0.25, 0.3) is 0 Å².